The van der Waals surface area contributed by atoms with E-state index in [-0.39, 0.29) is 12.2 Å². The lowest BCUT2D eigenvalue weighted by Gasteiger charge is -2.09. The van der Waals surface area contributed by atoms with E-state index in [1.807, 2.05) is 4.57 Å². The van der Waals surface area contributed by atoms with Gasteiger partial charge in [-0.1, -0.05) is 26.7 Å². The van der Waals surface area contributed by atoms with Crippen LogP contribution in [0, 0.1) is 11.6 Å². The molecule has 0 aliphatic carbocycles. The van der Waals surface area contributed by atoms with Gasteiger partial charge in [-0.25, -0.2) is 13.8 Å². The summed E-state index contributed by atoms with van der Waals surface area (Å²) in [6.45, 7) is 4.60. The predicted molar refractivity (Wildman–Crippen MR) is 103 cm³/mol. The zero-order valence-electron chi connectivity index (χ0n) is 16.2. The standard InChI is InChI=1S/C17H18F2N4O2.C3H8/c18-11-6-5-10(8-12(11)19)16-22-15(17(25)21-9-14(20)24)13-4-2-1-3-7-23(13)16;1-3-2/h5-6,8H,1-4,7,9H2,(H2,20,24)(H,21,25);3H2,1-2H3. The second-order valence-electron chi connectivity index (χ2n) is 6.68. The lowest BCUT2D eigenvalue weighted by molar-refractivity contribution is -0.117. The minimum absolute atomic E-state index is 0.197. The van der Waals surface area contributed by atoms with E-state index in [0.29, 0.717) is 24.4 Å². The minimum Gasteiger partial charge on any atom is -0.368 e. The summed E-state index contributed by atoms with van der Waals surface area (Å²) < 4.78 is 28.7. The van der Waals surface area contributed by atoms with Crippen LogP contribution in [0.25, 0.3) is 11.4 Å². The number of aromatic nitrogens is 2. The molecule has 28 heavy (non-hydrogen) atoms. The summed E-state index contributed by atoms with van der Waals surface area (Å²) >= 11 is 0. The lowest BCUT2D eigenvalue weighted by Crippen LogP contribution is -2.34. The van der Waals surface area contributed by atoms with Crippen molar-refractivity contribution in [2.24, 2.45) is 5.73 Å². The summed E-state index contributed by atoms with van der Waals surface area (Å²) in [5.41, 5.74) is 6.38. The number of benzene rings is 1. The SMILES string of the molecule is CCC.NC(=O)CNC(=O)c1nc(-c2ccc(F)c(F)c2)n2c1CCCCC2. The van der Waals surface area contributed by atoms with Gasteiger partial charge in [-0.15, -0.1) is 0 Å². The third-order valence-corrected chi connectivity index (χ3v) is 4.18. The number of nitrogens with one attached hydrogen (secondary N) is 1. The smallest absolute Gasteiger partial charge is 0.272 e. The number of carbonyl (C=O) groups is 2. The molecule has 0 fully saturated rings. The summed E-state index contributed by atoms with van der Waals surface area (Å²) in [6.07, 6.45) is 4.71. The number of halogens is 2. The second-order valence-corrected chi connectivity index (χ2v) is 6.68. The Morgan fingerprint density at radius 2 is 1.89 bits per heavy atom. The predicted octanol–water partition coefficient (Wildman–Crippen LogP) is 3.19. The zero-order valence-corrected chi connectivity index (χ0v) is 16.2. The Morgan fingerprint density at radius 1 is 1.18 bits per heavy atom. The van der Waals surface area contributed by atoms with Crippen LogP contribution in [0.5, 0.6) is 0 Å². The van der Waals surface area contributed by atoms with Gasteiger partial charge in [0.25, 0.3) is 5.91 Å². The van der Waals surface area contributed by atoms with Gasteiger partial charge in [0.2, 0.25) is 5.91 Å². The lowest BCUT2D eigenvalue weighted by atomic mass is 10.1. The Labute approximate surface area is 163 Å². The maximum atomic E-state index is 13.6. The Bertz CT molecular complexity index is 849. The molecular formula is C20H26F2N4O2. The van der Waals surface area contributed by atoms with E-state index in [9.17, 15) is 18.4 Å². The largest absolute Gasteiger partial charge is 0.368 e. The van der Waals surface area contributed by atoms with E-state index < -0.39 is 23.4 Å². The van der Waals surface area contributed by atoms with Gasteiger partial charge in [0.1, 0.15) is 11.5 Å². The first-order valence-corrected chi connectivity index (χ1v) is 9.50. The first-order valence-electron chi connectivity index (χ1n) is 9.50. The van der Waals surface area contributed by atoms with Gasteiger partial charge in [0.05, 0.1) is 12.2 Å². The minimum atomic E-state index is -0.969. The van der Waals surface area contributed by atoms with Crippen LogP contribution >= 0.6 is 0 Å². The molecule has 0 saturated carbocycles. The van der Waals surface area contributed by atoms with E-state index >= 15 is 0 Å². The van der Waals surface area contributed by atoms with Crippen LogP contribution in [-0.4, -0.2) is 27.9 Å². The fourth-order valence-electron chi connectivity index (χ4n) is 3.01. The summed E-state index contributed by atoms with van der Waals surface area (Å²) in [5, 5.41) is 2.43. The quantitative estimate of drug-likeness (QED) is 0.837. The highest BCUT2D eigenvalue weighted by molar-refractivity contribution is 5.96. The van der Waals surface area contributed by atoms with Crippen LogP contribution in [0.4, 0.5) is 8.78 Å². The van der Waals surface area contributed by atoms with Gasteiger partial charge in [0.15, 0.2) is 11.6 Å². The van der Waals surface area contributed by atoms with Crippen molar-refractivity contribution in [2.75, 3.05) is 6.54 Å². The molecule has 0 saturated heterocycles. The molecule has 3 rings (SSSR count). The van der Waals surface area contributed by atoms with Gasteiger partial charge >= 0.3 is 0 Å². The summed E-state index contributed by atoms with van der Waals surface area (Å²) in [5.74, 6) is -2.65. The van der Waals surface area contributed by atoms with Gasteiger partial charge in [-0.05, 0) is 37.5 Å². The fraction of sp³-hybridized carbons (Fsp3) is 0.450. The molecule has 8 heteroatoms. The molecule has 1 aromatic heterocycles. The topological polar surface area (TPSA) is 90.0 Å². The maximum Gasteiger partial charge on any atom is 0.272 e. The number of nitrogens with zero attached hydrogens (tertiary/aromatic N) is 2. The number of hydrogen-bond donors (Lipinski definition) is 2. The van der Waals surface area contributed by atoms with Crippen molar-refractivity contribution in [3.8, 4) is 11.4 Å². The number of imidazole rings is 1. The van der Waals surface area contributed by atoms with Crippen molar-refractivity contribution in [1.82, 2.24) is 14.9 Å². The Hall–Kier alpha value is -2.77. The van der Waals surface area contributed by atoms with Crippen LogP contribution in [0.15, 0.2) is 18.2 Å². The van der Waals surface area contributed by atoms with Crippen LogP contribution in [-0.2, 0) is 17.8 Å². The van der Waals surface area contributed by atoms with Crippen molar-refractivity contribution in [3.05, 3.63) is 41.2 Å². The van der Waals surface area contributed by atoms with E-state index in [2.05, 4.69) is 24.1 Å². The summed E-state index contributed by atoms with van der Waals surface area (Å²) in [6, 6.07) is 3.54. The van der Waals surface area contributed by atoms with Crippen molar-refractivity contribution in [2.45, 2.75) is 52.5 Å². The second kappa shape index (κ2) is 9.96. The summed E-state index contributed by atoms with van der Waals surface area (Å²) in [7, 11) is 0. The number of fused-ring (bicyclic) bond motifs is 1. The Balaban J connectivity index is 0.000000878. The van der Waals surface area contributed by atoms with Gasteiger partial charge < -0.3 is 15.6 Å². The molecule has 2 amide bonds. The highest BCUT2D eigenvalue weighted by Crippen LogP contribution is 2.28. The molecule has 2 heterocycles. The van der Waals surface area contributed by atoms with E-state index in [4.69, 9.17) is 5.73 Å². The molecule has 1 aliphatic rings. The number of hydrogen-bond acceptors (Lipinski definition) is 3. The van der Waals surface area contributed by atoms with Gasteiger partial charge in [0, 0.05) is 12.1 Å². The number of rotatable bonds is 4. The first kappa shape index (κ1) is 21.5. The molecule has 6 nitrogen and oxygen atoms in total. The number of primary amides is 1. The van der Waals surface area contributed by atoms with Crippen LogP contribution in [0.1, 0.15) is 55.7 Å². The van der Waals surface area contributed by atoms with Crippen molar-refractivity contribution >= 4 is 11.8 Å². The van der Waals surface area contributed by atoms with Crippen molar-refractivity contribution in [3.63, 3.8) is 0 Å². The molecule has 3 N–H and O–H groups in total. The van der Waals surface area contributed by atoms with Gasteiger partial charge in [-0.3, -0.25) is 9.59 Å². The molecule has 152 valence electrons. The van der Waals surface area contributed by atoms with Crippen LogP contribution in [0.2, 0.25) is 0 Å². The average molecular weight is 392 g/mol. The third kappa shape index (κ3) is 5.15. The van der Waals surface area contributed by atoms with E-state index in [0.717, 1.165) is 37.1 Å². The number of amides is 2. The number of carbonyl (C=O) groups excluding carboxylic acids is 2. The summed E-state index contributed by atoms with van der Waals surface area (Å²) in [4.78, 5) is 27.6. The van der Waals surface area contributed by atoms with Crippen molar-refractivity contribution in [1.29, 1.82) is 0 Å². The fourth-order valence-corrected chi connectivity index (χ4v) is 3.01. The molecule has 2 aromatic rings. The van der Waals surface area contributed by atoms with Crippen molar-refractivity contribution < 1.29 is 18.4 Å². The normalized spacial score (nSPS) is 13.0. The monoisotopic (exact) mass is 392 g/mol. The molecule has 0 radical (unpaired) electrons. The first-order chi connectivity index (χ1) is 13.4. The molecule has 0 spiro atoms. The highest BCUT2D eigenvalue weighted by Gasteiger charge is 2.24. The molecule has 0 unspecified atom stereocenters. The van der Waals surface area contributed by atoms with Crippen LogP contribution in [0.3, 0.4) is 0 Å². The Kier molecular flexibility index (Phi) is 7.66. The third-order valence-electron chi connectivity index (χ3n) is 4.18. The van der Waals surface area contributed by atoms with E-state index in [1.165, 1.54) is 12.5 Å². The van der Waals surface area contributed by atoms with E-state index in [1.54, 1.807) is 0 Å². The Morgan fingerprint density at radius 3 is 2.54 bits per heavy atom. The molecule has 1 aliphatic heterocycles. The highest BCUT2D eigenvalue weighted by atomic mass is 19.2. The molecule has 0 bridgehead atoms. The molecular weight excluding hydrogens is 366 g/mol. The molecule has 1 aromatic carbocycles. The molecule has 0 atom stereocenters. The van der Waals surface area contributed by atoms with Crippen LogP contribution < -0.4 is 11.1 Å². The average Bonchev–Trinajstić information content (AvgIpc) is 2.84. The maximum absolute atomic E-state index is 13.6. The number of nitrogens with two attached hydrogens (primary N) is 1. The zero-order chi connectivity index (χ0) is 20.7. The van der Waals surface area contributed by atoms with Gasteiger partial charge in [-0.2, -0.15) is 0 Å².